The van der Waals surface area contributed by atoms with Crippen LogP contribution in [0.2, 0.25) is 0 Å². The van der Waals surface area contributed by atoms with Crippen LogP contribution < -0.4 is 10.1 Å². The molecule has 0 fully saturated rings. The van der Waals surface area contributed by atoms with Crippen molar-refractivity contribution in [3.63, 3.8) is 0 Å². The van der Waals surface area contributed by atoms with Crippen LogP contribution in [0.4, 0.5) is 4.79 Å². The Hall–Kier alpha value is -3.80. The van der Waals surface area contributed by atoms with Gasteiger partial charge in [0.05, 0.1) is 24.5 Å². The van der Waals surface area contributed by atoms with Crippen molar-refractivity contribution in [2.75, 3.05) is 14.2 Å². The minimum atomic E-state index is -0.107. The third-order valence-electron chi connectivity index (χ3n) is 5.27. The number of urea groups is 1. The molecule has 0 atom stereocenters. The Labute approximate surface area is 182 Å². The normalized spacial score (nSPS) is 10.8. The molecule has 6 nitrogen and oxygen atoms in total. The lowest BCUT2D eigenvalue weighted by atomic mass is 10.1. The fraction of sp³-hybridized carbons (Fsp3) is 0.200. The fourth-order valence-electron chi connectivity index (χ4n) is 3.48. The maximum Gasteiger partial charge on any atom is 0.317 e. The van der Waals surface area contributed by atoms with Crippen LogP contribution in [0.5, 0.6) is 5.75 Å². The van der Waals surface area contributed by atoms with Gasteiger partial charge in [-0.1, -0.05) is 48.5 Å². The Morgan fingerprint density at radius 2 is 1.65 bits per heavy atom. The van der Waals surface area contributed by atoms with Gasteiger partial charge in [0, 0.05) is 26.7 Å². The topological polar surface area (TPSA) is 59.4 Å². The Kier molecular flexibility index (Phi) is 6.17. The second-order valence-electron chi connectivity index (χ2n) is 7.54. The lowest BCUT2D eigenvalue weighted by Crippen LogP contribution is -2.36. The van der Waals surface area contributed by atoms with Crippen LogP contribution in [0.3, 0.4) is 0 Å². The highest BCUT2D eigenvalue weighted by atomic mass is 16.5. The monoisotopic (exact) mass is 414 g/mol. The molecular formula is C25H26N4O2. The minimum Gasteiger partial charge on any atom is -0.497 e. The van der Waals surface area contributed by atoms with E-state index in [1.165, 1.54) is 5.56 Å². The van der Waals surface area contributed by atoms with Gasteiger partial charge in [0.2, 0.25) is 0 Å². The number of ether oxygens (including phenoxy) is 1. The molecule has 0 unspecified atom stereocenters. The van der Waals surface area contributed by atoms with Gasteiger partial charge in [0.15, 0.2) is 0 Å². The molecule has 0 bridgehead atoms. The largest absolute Gasteiger partial charge is 0.497 e. The zero-order valence-electron chi connectivity index (χ0n) is 17.8. The molecule has 0 saturated heterocycles. The number of nitrogens with one attached hydrogen (secondary N) is 1. The van der Waals surface area contributed by atoms with Gasteiger partial charge >= 0.3 is 6.03 Å². The Morgan fingerprint density at radius 1 is 0.968 bits per heavy atom. The number of benzene rings is 3. The van der Waals surface area contributed by atoms with E-state index in [0.29, 0.717) is 13.1 Å². The maximum absolute atomic E-state index is 12.4. The number of fused-ring (bicyclic) bond motifs is 1. The predicted octanol–water partition coefficient (Wildman–Crippen LogP) is 4.43. The number of hydrogen-bond acceptors (Lipinski definition) is 3. The van der Waals surface area contributed by atoms with E-state index in [9.17, 15) is 4.79 Å². The summed E-state index contributed by atoms with van der Waals surface area (Å²) in [6.07, 6.45) is 1.87. The number of carbonyl (C=O) groups excluding carboxylic acids is 1. The first kappa shape index (κ1) is 20.5. The lowest BCUT2D eigenvalue weighted by molar-refractivity contribution is 0.206. The molecule has 0 aliphatic rings. The van der Waals surface area contributed by atoms with Crippen molar-refractivity contribution < 1.29 is 9.53 Å². The van der Waals surface area contributed by atoms with Crippen molar-refractivity contribution in [1.29, 1.82) is 0 Å². The van der Waals surface area contributed by atoms with Gasteiger partial charge in [-0.3, -0.25) is 0 Å². The van der Waals surface area contributed by atoms with Crippen molar-refractivity contribution in [2.45, 2.75) is 19.6 Å². The first-order chi connectivity index (χ1) is 15.1. The summed E-state index contributed by atoms with van der Waals surface area (Å²) < 4.78 is 7.31. The van der Waals surface area contributed by atoms with Gasteiger partial charge in [-0.25, -0.2) is 9.78 Å². The van der Waals surface area contributed by atoms with E-state index < -0.39 is 0 Å². The molecule has 4 rings (SSSR count). The molecule has 0 spiro atoms. The second-order valence-corrected chi connectivity index (χ2v) is 7.54. The molecule has 0 radical (unpaired) electrons. The smallest absolute Gasteiger partial charge is 0.317 e. The van der Waals surface area contributed by atoms with Crippen LogP contribution in [-0.4, -0.2) is 34.6 Å². The molecule has 0 saturated carbocycles. The predicted molar refractivity (Wildman–Crippen MR) is 122 cm³/mol. The molecule has 4 aromatic rings. The van der Waals surface area contributed by atoms with Gasteiger partial charge in [0.25, 0.3) is 0 Å². The Balaban J connectivity index is 1.29. The highest BCUT2D eigenvalue weighted by Crippen LogP contribution is 2.15. The van der Waals surface area contributed by atoms with Gasteiger partial charge in [0.1, 0.15) is 5.75 Å². The van der Waals surface area contributed by atoms with Crippen molar-refractivity contribution >= 4 is 17.1 Å². The van der Waals surface area contributed by atoms with Crippen LogP contribution in [0.15, 0.2) is 79.1 Å². The summed E-state index contributed by atoms with van der Waals surface area (Å²) in [5.74, 6) is 0.806. The number of rotatable bonds is 7. The molecule has 1 aromatic heterocycles. The summed E-state index contributed by atoms with van der Waals surface area (Å²) in [4.78, 5) is 18.5. The molecule has 158 valence electrons. The molecule has 0 aliphatic carbocycles. The molecular weight excluding hydrogens is 388 g/mol. The van der Waals surface area contributed by atoms with E-state index >= 15 is 0 Å². The Morgan fingerprint density at radius 3 is 2.39 bits per heavy atom. The van der Waals surface area contributed by atoms with Gasteiger partial charge < -0.3 is 19.5 Å². The number of imidazole rings is 1. The SMILES string of the molecule is COc1ccc(CN(C)C(=O)NCc2ccc(Cn3cnc4ccccc43)cc2)cc1. The minimum absolute atomic E-state index is 0.107. The molecule has 1 heterocycles. The number of hydrogen-bond donors (Lipinski definition) is 1. The number of methoxy groups -OCH3 is 1. The van der Waals surface area contributed by atoms with Crippen LogP contribution in [-0.2, 0) is 19.6 Å². The zero-order valence-corrected chi connectivity index (χ0v) is 17.8. The average molecular weight is 415 g/mol. The standard InChI is InChI=1S/C25H26N4O2/c1-28(16-20-11-13-22(31-2)14-12-20)25(30)26-15-19-7-9-21(10-8-19)17-29-18-27-23-5-3-4-6-24(23)29/h3-14,18H,15-17H2,1-2H3,(H,26,30). The summed E-state index contributed by atoms with van der Waals surface area (Å²) in [6.45, 7) is 1.78. The van der Waals surface area contributed by atoms with Crippen LogP contribution >= 0.6 is 0 Å². The van der Waals surface area contributed by atoms with Crippen LogP contribution in [0.1, 0.15) is 16.7 Å². The molecule has 0 aliphatic heterocycles. The number of nitrogens with zero attached hydrogens (tertiary/aromatic N) is 3. The molecule has 31 heavy (non-hydrogen) atoms. The molecule has 1 N–H and O–H groups in total. The third-order valence-corrected chi connectivity index (χ3v) is 5.27. The van der Waals surface area contributed by atoms with E-state index in [2.05, 4.69) is 45.2 Å². The Bertz CT molecular complexity index is 1150. The van der Waals surface area contributed by atoms with Crippen molar-refractivity contribution in [3.8, 4) is 5.75 Å². The number of para-hydroxylation sites is 2. The average Bonchev–Trinajstić information content (AvgIpc) is 3.21. The van der Waals surface area contributed by atoms with Crippen molar-refractivity contribution in [2.24, 2.45) is 0 Å². The summed E-state index contributed by atoms with van der Waals surface area (Å²) >= 11 is 0. The van der Waals surface area contributed by atoms with Gasteiger partial charge in [-0.15, -0.1) is 0 Å². The summed E-state index contributed by atoms with van der Waals surface area (Å²) in [7, 11) is 3.43. The number of carbonyl (C=O) groups is 1. The third kappa shape index (κ3) is 5.04. The molecule has 6 heteroatoms. The quantitative estimate of drug-likeness (QED) is 0.487. The van der Waals surface area contributed by atoms with E-state index in [-0.39, 0.29) is 6.03 Å². The summed E-state index contributed by atoms with van der Waals surface area (Å²) in [5, 5.41) is 2.98. The highest BCUT2D eigenvalue weighted by Gasteiger charge is 2.09. The number of aromatic nitrogens is 2. The molecule has 3 aromatic carbocycles. The fourth-order valence-corrected chi connectivity index (χ4v) is 3.48. The zero-order chi connectivity index (χ0) is 21.6. The summed E-state index contributed by atoms with van der Waals surface area (Å²) in [6, 6.07) is 24.0. The maximum atomic E-state index is 12.4. The lowest BCUT2D eigenvalue weighted by Gasteiger charge is -2.18. The van der Waals surface area contributed by atoms with E-state index in [0.717, 1.165) is 34.5 Å². The van der Waals surface area contributed by atoms with Crippen LogP contribution in [0, 0.1) is 0 Å². The highest BCUT2D eigenvalue weighted by molar-refractivity contribution is 5.75. The van der Waals surface area contributed by atoms with Gasteiger partial charge in [-0.2, -0.15) is 0 Å². The molecule has 2 amide bonds. The summed E-state index contributed by atoms with van der Waals surface area (Å²) in [5.41, 5.74) is 5.43. The first-order valence-electron chi connectivity index (χ1n) is 10.2. The second kappa shape index (κ2) is 9.34. The van der Waals surface area contributed by atoms with Crippen molar-refractivity contribution in [3.05, 3.63) is 95.8 Å². The van der Waals surface area contributed by atoms with E-state index in [1.807, 2.05) is 48.8 Å². The van der Waals surface area contributed by atoms with Crippen LogP contribution in [0.25, 0.3) is 11.0 Å². The number of amides is 2. The van der Waals surface area contributed by atoms with Gasteiger partial charge in [-0.05, 0) is 41.0 Å². The first-order valence-corrected chi connectivity index (χ1v) is 10.2. The van der Waals surface area contributed by atoms with E-state index in [4.69, 9.17) is 4.74 Å². The van der Waals surface area contributed by atoms with E-state index in [1.54, 1.807) is 19.1 Å². The van der Waals surface area contributed by atoms with Crippen molar-refractivity contribution in [1.82, 2.24) is 19.8 Å².